The zero-order valence-corrected chi connectivity index (χ0v) is 15.2. The van der Waals surface area contributed by atoms with E-state index in [1.54, 1.807) is 24.3 Å². The minimum atomic E-state index is -0.463. The van der Waals surface area contributed by atoms with Gasteiger partial charge in [-0.05, 0) is 43.3 Å². The van der Waals surface area contributed by atoms with Crippen molar-refractivity contribution in [1.82, 2.24) is 19.7 Å². The van der Waals surface area contributed by atoms with Crippen LogP contribution in [-0.2, 0) is 13.0 Å². The highest BCUT2D eigenvalue weighted by Gasteiger charge is 2.12. The lowest BCUT2D eigenvalue weighted by Gasteiger charge is -2.04. The van der Waals surface area contributed by atoms with Crippen LogP contribution in [0, 0.1) is 0 Å². The molecule has 4 aromatic rings. The van der Waals surface area contributed by atoms with E-state index in [1.165, 1.54) is 0 Å². The predicted molar refractivity (Wildman–Crippen MR) is 103 cm³/mol. The van der Waals surface area contributed by atoms with E-state index in [1.807, 2.05) is 31.2 Å². The quantitative estimate of drug-likeness (QED) is 0.553. The normalized spacial score (nSPS) is 11.0. The van der Waals surface area contributed by atoms with Crippen LogP contribution in [-0.4, -0.2) is 26.3 Å². The number of hydrogen-bond donors (Lipinski definition) is 1. The highest BCUT2D eigenvalue weighted by atomic mass is 16.5. The van der Waals surface area contributed by atoms with E-state index in [2.05, 4.69) is 15.1 Å². The molecule has 2 heterocycles. The average molecular weight is 378 g/mol. The van der Waals surface area contributed by atoms with Crippen molar-refractivity contribution in [3.05, 3.63) is 75.3 Å². The highest BCUT2D eigenvalue weighted by molar-refractivity contribution is 5.76. The fraction of sp³-hybridized carbons (Fsp3) is 0.200. The maximum Gasteiger partial charge on any atom is 0.328 e. The number of ether oxygens (including phenoxy) is 1. The van der Waals surface area contributed by atoms with Gasteiger partial charge < -0.3 is 14.2 Å². The molecule has 0 saturated heterocycles. The van der Waals surface area contributed by atoms with Crippen molar-refractivity contribution >= 4 is 10.9 Å². The zero-order valence-electron chi connectivity index (χ0n) is 15.2. The van der Waals surface area contributed by atoms with Gasteiger partial charge in [-0.15, -0.1) is 0 Å². The molecular formula is C20H18N4O4. The van der Waals surface area contributed by atoms with E-state index in [0.717, 1.165) is 15.9 Å². The Morgan fingerprint density at radius 2 is 1.89 bits per heavy atom. The Labute approximate surface area is 159 Å². The molecule has 0 saturated carbocycles. The van der Waals surface area contributed by atoms with Gasteiger partial charge >= 0.3 is 5.69 Å². The molecule has 0 radical (unpaired) electrons. The van der Waals surface area contributed by atoms with Gasteiger partial charge in [0.05, 0.1) is 17.5 Å². The van der Waals surface area contributed by atoms with Gasteiger partial charge in [-0.25, -0.2) is 4.79 Å². The van der Waals surface area contributed by atoms with Gasteiger partial charge in [0, 0.05) is 18.5 Å². The van der Waals surface area contributed by atoms with Crippen molar-refractivity contribution in [2.75, 3.05) is 6.61 Å². The van der Waals surface area contributed by atoms with E-state index in [-0.39, 0.29) is 18.5 Å². The van der Waals surface area contributed by atoms with Crippen molar-refractivity contribution < 1.29 is 9.26 Å². The number of nitrogens with one attached hydrogen (secondary N) is 1. The molecular weight excluding hydrogens is 360 g/mol. The second kappa shape index (κ2) is 7.51. The molecule has 1 N–H and O–H groups in total. The summed E-state index contributed by atoms with van der Waals surface area (Å²) in [7, 11) is 0. The first-order valence-corrected chi connectivity index (χ1v) is 8.93. The van der Waals surface area contributed by atoms with Crippen LogP contribution in [0.15, 0.2) is 62.6 Å². The van der Waals surface area contributed by atoms with Crippen molar-refractivity contribution in [3.8, 4) is 17.1 Å². The summed E-state index contributed by atoms with van der Waals surface area (Å²) in [5.74, 6) is 1.56. The van der Waals surface area contributed by atoms with Crippen molar-refractivity contribution in [2.24, 2.45) is 0 Å². The zero-order chi connectivity index (χ0) is 19.5. The molecule has 8 heteroatoms. The number of aryl methyl sites for hydroxylation is 1. The maximum atomic E-state index is 12.5. The smallest absolute Gasteiger partial charge is 0.328 e. The molecule has 28 heavy (non-hydrogen) atoms. The molecule has 2 aromatic heterocycles. The number of para-hydroxylation sites is 1. The Hall–Kier alpha value is -3.68. The number of aromatic amines is 1. The fourth-order valence-corrected chi connectivity index (χ4v) is 2.95. The Kier molecular flexibility index (Phi) is 4.76. The topological polar surface area (TPSA) is 103 Å². The lowest BCUT2D eigenvalue weighted by atomic mass is 10.2. The summed E-state index contributed by atoms with van der Waals surface area (Å²) < 4.78 is 11.8. The maximum absolute atomic E-state index is 12.5. The second-order valence-electron chi connectivity index (χ2n) is 6.15. The van der Waals surface area contributed by atoms with Crippen molar-refractivity contribution in [2.45, 2.75) is 19.9 Å². The van der Waals surface area contributed by atoms with Gasteiger partial charge in [0.15, 0.2) is 0 Å². The lowest BCUT2D eigenvalue weighted by molar-refractivity contribution is 0.340. The third-order valence-corrected chi connectivity index (χ3v) is 4.33. The summed E-state index contributed by atoms with van der Waals surface area (Å²) in [4.78, 5) is 31.8. The highest BCUT2D eigenvalue weighted by Crippen LogP contribution is 2.20. The summed E-state index contributed by atoms with van der Waals surface area (Å²) in [6, 6.07) is 14.3. The van der Waals surface area contributed by atoms with Gasteiger partial charge in [0.2, 0.25) is 11.7 Å². The van der Waals surface area contributed by atoms with Gasteiger partial charge in [0.25, 0.3) is 5.56 Å². The van der Waals surface area contributed by atoms with Crippen LogP contribution in [0.1, 0.15) is 12.8 Å². The third kappa shape index (κ3) is 3.44. The Balaban J connectivity index is 1.53. The minimum absolute atomic E-state index is 0.143. The van der Waals surface area contributed by atoms with Crippen LogP contribution in [0.25, 0.3) is 22.3 Å². The molecule has 0 bridgehead atoms. The molecule has 0 aliphatic heterocycles. The molecule has 0 fully saturated rings. The number of benzene rings is 2. The van der Waals surface area contributed by atoms with Crippen LogP contribution in [0.3, 0.4) is 0 Å². The van der Waals surface area contributed by atoms with Crippen LogP contribution in [0.2, 0.25) is 0 Å². The number of aromatic nitrogens is 4. The van der Waals surface area contributed by atoms with E-state index in [9.17, 15) is 9.59 Å². The molecule has 0 atom stereocenters. The van der Waals surface area contributed by atoms with Gasteiger partial charge in [0.1, 0.15) is 5.75 Å². The fourth-order valence-electron chi connectivity index (χ4n) is 2.95. The summed E-state index contributed by atoms with van der Waals surface area (Å²) >= 11 is 0. The Morgan fingerprint density at radius 3 is 2.68 bits per heavy atom. The predicted octanol–water partition coefficient (Wildman–Crippen LogP) is 2.38. The standard InChI is InChI=1S/C20H18N4O4/c1-2-27-14-9-7-13(8-10-14)18-22-17(28-23-18)11-12-24-19(25)15-5-3-4-6-16(15)21-20(24)26/h3-10H,2,11-12H2,1H3,(H,21,26). The van der Waals surface area contributed by atoms with E-state index < -0.39 is 5.69 Å². The summed E-state index contributed by atoms with van der Waals surface area (Å²) in [6.45, 7) is 2.66. The van der Waals surface area contributed by atoms with Crippen molar-refractivity contribution in [1.29, 1.82) is 0 Å². The second-order valence-corrected chi connectivity index (χ2v) is 6.15. The number of H-pyrrole nitrogens is 1. The molecule has 0 amide bonds. The number of fused-ring (bicyclic) bond motifs is 1. The van der Waals surface area contributed by atoms with Crippen LogP contribution < -0.4 is 16.0 Å². The first-order valence-electron chi connectivity index (χ1n) is 8.93. The molecule has 2 aromatic carbocycles. The lowest BCUT2D eigenvalue weighted by Crippen LogP contribution is -2.35. The molecule has 0 unspecified atom stereocenters. The van der Waals surface area contributed by atoms with Gasteiger partial charge in [-0.3, -0.25) is 9.36 Å². The molecule has 0 aliphatic carbocycles. The van der Waals surface area contributed by atoms with E-state index in [4.69, 9.17) is 9.26 Å². The monoisotopic (exact) mass is 378 g/mol. The summed E-state index contributed by atoms with van der Waals surface area (Å²) in [5.41, 5.74) is 0.504. The van der Waals surface area contributed by atoms with Crippen molar-refractivity contribution in [3.63, 3.8) is 0 Å². The first-order chi connectivity index (χ1) is 13.7. The SMILES string of the molecule is CCOc1ccc(-c2noc(CCn3c(=O)[nH]c4ccccc4c3=O)n2)cc1. The Morgan fingerprint density at radius 1 is 1.11 bits per heavy atom. The molecule has 142 valence electrons. The van der Waals surface area contributed by atoms with Gasteiger partial charge in [-0.2, -0.15) is 4.98 Å². The molecule has 8 nitrogen and oxygen atoms in total. The molecule has 0 spiro atoms. The van der Waals surface area contributed by atoms with Crippen LogP contribution in [0.5, 0.6) is 5.75 Å². The summed E-state index contributed by atoms with van der Waals surface area (Å²) in [6.07, 6.45) is 0.269. The minimum Gasteiger partial charge on any atom is -0.494 e. The first kappa shape index (κ1) is 17.7. The number of nitrogens with zero attached hydrogens (tertiary/aromatic N) is 3. The van der Waals surface area contributed by atoms with Crippen LogP contribution >= 0.6 is 0 Å². The molecule has 4 rings (SSSR count). The van der Waals surface area contributed by atoms with E-state index >= 15 is 0 Å². The number of rotatable bonds is 6. The molecule has 0 aliphatic rings. The van der Waals surface area contributed by atoms with Crippen LogP contribution in [0.4, 0.5) is 0 Å². The Bertz CT molecular complexity index is 1220. The average Bonchev–Trinajstić information content (AvgIpc) is 3.18. The number of hydrogen-bond acceptors (Lipinski definition) is 6. The summed E-state index contributed by atoms with van der Waals surface area (Å²) in [5, 5.41) is 4.43. The largest absolute Gasteiger partial charge is 0.494 e. The van der Waals surface area contributed by atoms with Gasteiger partial charge in [-0.1, -0.05) is 17.3 Å². The van der Waals surface area contributed by atoms with E-state index in [0.29, 0.717) is 29.2 Å². The third-order valence-electron chi connectivity index (χ3n) is 4.33.